The fraction of sp³-hybridized carbons (Fsp3) is 0.333. The number of benzene rings is 1. The number of rotatable bonds is 3. The fourth-order valence-corrected chi connectivity index (χ4v) is 3.13. The number of hydrogen-bond acceptors (Lipinski definition) is 5. The Kier molecular flexibility index (Phi) is 4.92. The summed E-state index contributed by atoms with van der Waals surface area (Å²) in [5.41, 5.74) is 1.84. The van der Waals surface area contributed by atoms with Crippen LogP contribution in [0, 0.1) is 0 Å². The van der Waals surface area contributed by atoms with E-state index < -0.39 is 0 Å². The van der Waals surface area contributed by atoms with E-state index in [1.54, 1.807) is 28.4 Å². The average Bonchev–Trinajstić information content (AvgIpc) is 3.05. The van der Waals surface area contributed by atoms with E-state index in [1.807, 2.05) is 17.5 Å². The van der Waals surface area contributed by atoms with Crippen LogP contribution in [0.3, 0.4) is 0 Å². The van der Waals surface area contributed by atoms with Crippen molar-refractivity contribution >= 4 is 29.0 Å². The van der Waals surface area contributed by atoms with Crippen LogP contribution >= 0.6 is 22.9 Å². The lowest BCUT2D eigenvalue weighted by molar-refractivity contribution is 0.0416. The average molecular weight is 339 g/mol. The van der Waals surface area contributed by atoms with E-state index in [9.17, 15) is 4.79 Å². The number of carbonyl (C=O) groups excluding carboxylic acids is 1. The van der Waals surface area contributed by atoms with Crippen LogP contribution in [0.1, 0.15) is 5.69 Å². The second kappa shape index (κ2) is 7.09. The minimum atomic E-state index is -0.338. The smallest absolute Gasteiger partial charge is 0.410 e. The largest absolute Gasteiger partial charge is 0.415 e. The number of ether oxygens (including phenoxy) is 2. The summed E-state index contributed by atoms with van der Waals surface area (Å²) in [4.78, 5) is 18.1. The first-order valence-electron chi connectivity index (χ1n) is 6.91. The van der Waals surface area contributed by atoms with Gasteiger partial charge in [-0.25, -0.2) is 9.78 Å². The maximum atomic E-state index is 12.0. The number of nitrogens with zero attached hydrogens (tertiary/aromatic N) is 2. The van der Waals surface area contributed by atoms with E-state index in [4.69, 9.17) is 21.1 Å². The number of hydrogen-bond donors (Lipinski definition) is 0. The van der Waals surface area contributed by atoms with Crippen LogP contribution in [0.25, 0.3) is 10.6 Å². The Bertz CT molecular complexity index is 638. The molecular weight excluding hydrogens is 324 g/mol. The van der Waals surface area contributed by atoms with E-state index >= 15 is 0 Å². The van der Waals surface area contributed by atoms with E-state index in [-0.39, 0.29) is 6.09 Å². The van der Waals surface area contributed by atoms with Crippen molar-refractivity contribution in [2.45, 2.75) is 5.88 Å². The van der Waals surface area contributed by atoms with Crippen LogP contribution in [0.2, 0.25) is 0 Å². The van der Waals surface area contributed by atoms with E-state index in [0.29, 0.717) is 37.9 Å². The van der Waals surface area contributed by atoms with E-state index in [1.165, 1.54) is 0 Å². The Labute approximate surface area is 137 Å². The molecule has 1 aliphatic heterocycles. The highest BCUT2D eigenvalue weighted by molar-refractivity contribution is 7.13. The SMILES string of the molecule is O=C(Oc1ccc(-c2nc(CCl)cs2)cc1)N1CCOCC1. The van der Waals surface area contributed by atoms with Gasteiger partial charge in [0, 0.05) is 24.0 Å². The summed E-state index contributed by atoms with van der Waals surface area (Å²) in [7, 11) is 0. The van der Waals surface area contributed by atoms with Crippen molar-refractivity contribution in [3.05, 3.63) is 35.3 Å². The molecule has 116 valence electrons. The molecule has 0 unspecified atom stereocenters. The van der Waals surface area contributed by atoms with Crippen LogP contribution in [-0.2, 0) is 10.6 Å². The molecule has 0 bridgehead atoms. The van der Waals surface area contributed by atoms with Crippen LogP contribution < -0.4 is 4.74 Å². The van der Waals surface area contributed by atoms with E-state index in [2.05, 4.69) is 4.98 Å². The number of morpholine rings is 1. The summed E-state index contributed by atoms with van der Waals surface area (Å²) < 4.78 is 10.6. The predicted octanol–water partition coefficient (Wildman–Crippen LogP) is 3.38. The number of halogens is 1. The van der Waals surface area contributed by atoms with Crippen molar-refractivity contribution in [3.63, 3.8) is 0 Å². The molecule has 7 heteroatoms. The molecule has 1 amide bonds. The van der Waals surface area contributed by atoms with Crippen molar-refractivity contribution in [1.29, 1.82) is 0 Å². The molecule has 1 aliphatic rings. The molecule has 0 aliphatic carbocycles. The highest BCUT2D eigenvalue weighted by Crippen LogP contribution is 2.26. The van der Waals surface area contributed by atoms with Gasteiger partial charge in [0.25, 0.3) is 0 Å². The standard InChI is InChI=1S/C15H15ClN2O3S/c16-9-12-10-22-14(17-12)11-1-3-13(4-2-11)21-15(19)18-5-7-20-8-6-18/h1-4,10H,5-9H2. The molecule has 22 heavy (non-hydrogen) atoms. The topological polar surface area (TPSA) is 51.7 Å². The lowest BCUT2D eigenvalue weighted by Gasteiger charge is -2.25. The maximum absolute atomic E-state index is 12.0. The third-order valence-electron chi connectivity index (χ3n) is 3.26. The van der Waals surface area contributed by atoms with Crippen molar-refractivity contribution in [2.75, 3.05) is 26.3 Å². The Morgan fingerprint density at radius 1 is 1.32 bits per heavy atom. The summed E-state index contributed by atoms with van der Waals surface area (Å²) in [5.74, 6) is 0.931. The first kappa shape index (κ1) is 15.3. The molecule has 5 nitrogen and oxygen atoms in total. The molecule has 1 aromatic heterocycles. The molecular formula is C15H15ClN2O3S. The summed E-state index contributed by atoms with van der Waals surface area (Å²) in [6.07, 6.45) is -0.338. The highest BCUT2D eigenvalue weighted by atomic mass is 35.5. The van der Waals surface area contributed by atoms with Crippen LogP contribution in [0.5, 0.6) is 5.75 Å². The number of amides is 1. The zero-order valence-corrected chi connectivity index (χ0v) is 13.4. The molecule has 1 fully saturated rings. The third-order valence-corrected chi connectivity index (χ3v) is 4.48. The molecule has 0 N–H and O–H groups in total. The van der Waals surface area contributed by atoms with Crippen molar-refractivity contribution in [2.24, 2.45) is 0 Å². The molecule has 0 radical (unpaired) electrons. The first-order chi connectivity index (χ1) is 10.8. The molecule has 0 atom stereocenters. The fourth-order valence-electron chi connectivity index (χ4n) is 2.08. The Morgan fingerprint density at radius 3 is 2.68 bits per heavy atom. The van der Waals surface area contributed by atoms with Gasteiger partial charge in [0.05, 0.1) is 24.8 Å². The Hall–Kier alpha value is -1.63. The van der Waals surface area contributed by atoms with Gasteiger partial charge in [0.2, 0.25) is 0 Å². The van der Waals surface area contributed by atoms with Crippen molar-refractivity contribution in [3.8, 4) is 16.3 Å². The number of alkyl halides is 1. The molecule has 0 spiro atoms. The van der Waals surface area contributed by atoms with Gasteiger partial charge in [-0.15, -0.1) is 22.9 Å². The summed E-state index contributed by atoms with van der Waals surface area (Å²) >= 11 is 7.30. The summed E-state index contributed by atoms with van der Waals surface area (Å²) in [6, 6.07) is 7.32. The van der Waals surface area contributed by atoms with Gasteiger partial charge in [-0.1, -0.05) is 0 Å². The van der Waals surface area contributed by atoms with Gasteiger partial charge in [0.1, 0.15) is 10.8 Å². The minimum absolute atomic E-state index is 0.338. The monoisotopic (exact) mass is 338 g/mol. The lowest BCUT2D eigenvalue weighted by Crippen LogP contribution is -2.42. The molecule has 3 rings (SSSR count). The number of aromatic nitrogens is 1. The highest BCUT2D eigenvalue weighted by Gasteiger charge is 2.18. The quantitative estimate of drug-likeness (QED) is 0.805. The second-order valence-corrected chi connectivity index (χ2v) is 5.89. The van der Waals surface area contributed by atoms with Gasteiger partial charge < -0.3 is 14.4 Å². The van der Waals surface area contributed by atoms with Gasteiger partial charge in [-0.3, -0.25) is 0 Å². The lowest BCUT2D eigenvalue weighted by atomic mass is 10.2. The van der Waals surface area contributed by atoms with Crippen molar-refractivity contribution < 1.29 is 14.3 Å². The summed E-state index contributed by atoms with van der Waals surface area (Å²) in [6.45, 7) is 2.25. The maximum Gasteiger partial charge on any atom is 0.415 e. The zero-order chi connectivity index (χ0) is 15.4. The first-order valence-corrected chi connectivity index (χ1v) is 8.33. The molecule has 2 aromatic rings. The van der Waals surface area contributed by atoms with Gasteiger partial charge in [-0.05, 0) is 24.3 Å². The van der Waals surface area contributed by atoms with Gasteiger partial charge in [-0.2, -0.15) is 0 Å². The van der Waals surface area contributed by atoms with Crippen molar-refractivity contribution in [1.82, 2.24) is 9.88 Å². The second-order valence-electron chi connectivity index (χ2n) is 4.77. The predicted molar refractivity (Wildman–Crippen MR) is 85.5 cm³/mol. The Morgan fingerprint density at radius 2 is 2.05 bits per heavy atom. The third kappa shape index (κ3) is 3.58. The van der Waals surface area contributed by atoms with Gasteiger partial charge >= 0.3 is 6.09 Å². The Balaban J connectivity index is 1.64. The molecule has 2 heterocycles. The van der Waals surface area contributed by atoms with Crippen LogP contribution in [0.15, 0.2) is 29.6 Å². The molecule has 0 saturated carbocycles. The normalized spacial score (nSPS) is 14.9. The zero-order valence-electron chi connectivity index (χ0n) is 11.8. The minimum Gasteiger partial charge on any atom is -0.410 e. The summed E-state index contributed by atoms with van der Waals surface area (Å²) in [5, 5.41) is 2.84. The van der Waals surface area contributed by atoms with Crippen LogP contribution in [-0.4, -0.2) is 42.3 Å². The molecule has 1 saturated heterocycles. The number of thiazole rings is 1. The van der Waals surface area contributed by atoms with E-state index in [0.717, 1.165) is 16.3 Å². The number of carbonyl (C=O) groups is 1. The van der Waals surface area contributed by atoms with Gasteiger partial charge in [0.15, 0.2) is 0 Å². The molecule has 1 aromatic carbocycles. The van der Waals surface area contributed by atoms with Crippen LogP contribution in [0.4, 0.5) is 4.79 Å².